The van der Waals surface area contributed by atoms with Gasteiger partial charge in [0, 0.05) is 30.5 Å². The number of rotatable bonds is 3. The zero-order valence-corrected chi connectivity index (χ0v) is 14.3. The van der Waals surface area contributed by atoms with Gasteiger partial charge >= 0.3 is 0 Å². The van der Waals surface area contributed by atoms with Crippen molar-refractivity contribution < 1.29 is 0 Å². The molecule has 1 saturated heterocycles. The second-order valence-corrected chi connectivity index (χ2v) is 7.01. The zero-order valence-electron chi connectivity index (χ0n) is 13.5. The first-order valence-corrected chi connectivity index (χ1v) is 9.21. The molecule has 0 unspecified atom stereocenters. The van der Waals surface area contributed by atoms with Crippen molar-refractivity contribution in [2.24, 2.45) is 0 Å². The molecular weight excluding hydrogens is 316 g/mol. The number of nitrogen functional groups attached to an aromatic ring is 1. The summed E-state index contributed by atoms with van der Waals surface area (Å²) in [6, 6.07) is 12.8. The van der Waals surface area contributed by atoms with Gasteiger partial charge in [0.1, 0.15) is 0 Å². The predicted octanol–water partition coefficient (Wildman–Crippen LogP) is 4.44. The molecule has 24 heavy (non-hydrogen) atoms. The summed E-state index contributed by atoms with van der Waals surface area (Å²) in [5, 5.41) is 2.06. The van der Waals surface area contributed by atoms with Gasteiger partial charge < -0.3 is 10.6 Å². The molecule has 5 heteroatoms. The van der Waals surface area contributed by atoms with Crippen molar-refractivity contribution in [3.05, 3.63) is 48.0 Å². The third-order valence-corrected chi connectivity index (χ3v) is 5.32. The Labute approximate surface area is 146 Å². The van der Waals surface area contributed by atoms with Gasteiger partial charge in [0.25, 0.3) is 0 Å². The fraction of sp³-hybridized carbons (Fsp3) is 0.263. The predicted molar refractivity (Wildman–Crippen MR) is 101 cm³/mol. The number of hydrogen-bond acceptors (Lipinski definition) is 5. The molecule has 0 amide bonds. The average Bonchev–Trinajstić information content (AvgIpc) is 3.17. The molecular formula is C19H20N4S. The van der Waals surface area contributed by atoms with Gasteiger partial charge in [-0.25, -0.2) is 9.97 Å². The Hall–Kier alpha value is -2.40. The Kier molecular flexibility index (Phi) is 4.17. The second kappa shape index (κ2) is 6.61. The summed E-state index contributed by atoms with van der Waals surface area (Å²) < 4.78 is 0. The number of aromatic nitrogens is 2. The minimum Gasteiger partial charge on any atom is -0.372 e. The van der Waals surface area contributed by atoms with Gasteiger partial charge in [0.2, 0.25) is 5.95 Å². The van der Waals surface area contributed by atoms with E-state index in [1.54, 1.807) is 11.3 Å². The van der Waals surface area contributed by atoms with E-state index in [0.29, 0.717) is 5.95 Å². The van der Waals surface area contributed by atoms with E-state index in [2.05, 4.69) is 50.6 Å². The van der Waals surface area contributed by atoms with E-state index in [1.165, 1.54) is 24.9 Å². The molecule has 3 heterocycles. The standard InChI is InChI=1S/C19H20N4S/c20-19-21-13-16(18(22-19)17-8-5-11-24-17)14-6-4-7-15(12-14)23-9-2-1-3-10-23/h4-8,11-13H,1-3,9-10H2,(H2,20,21,22). The Balaban J connectivity index is 1.76. The molecule has 0 bridgehead atoms. The molecule has 1 aliphatic rings. The van der Waals surface area contributed by atoms with Crippen LogP contribution in [0, 0.1) is 0 Å². The van der Waals surface area contributed by atoms with Gasteiger partial charge in [-0.1, -0.05) is 18.2 Å². The Morgan fingerprint density at radius 3 is 2.71 bits per heavy atom. The topological polar surface area (TPSA) is 55.0 Å². The van der Waals surface area contributed by atoms with Gasteiger partial charge in [-0.05, 0) is 48.4 Å². The number of anilines is 2. The summed E-state index contributed by atoms with van der Waals surface area (Å²) in [5.41, 5.74) is 10.2. The highest BCUT2D eigenvalue weighted by Crippen LogP contribution is 2.34. The third-order valence-electron chi connectivity index (χ3n) is 4.44. The van der Waals surface area contributed by atoms with Crippen molar-refractivity contribution in [1.29, 1.82) is 0 Å². The van der Waals surface area contributed by atoms with Crippen LogP contribution in [-0.2, 0) is 0 Å². The van der Waals surface area contributed by atoms with Crippen LogP contribution in [0.2, 0.25) is 0 Å². The van der Waals surface area contributed by atoms with Crippen LogP contribution < -0.4 is 10.6 Å². The largest absolute Gasteiger partial charge is 0.372 e. The third kappa shape index (κ3) is 2.99. The maximum atomic E-state index is 5.83. The Morgan fingerprint density at radius 1 is 1.04 bits per heavy atom. The molecule has 0 saturated carbocycles. The van der Waals surface area contributed by atoms with Crippen molar-refractivity contribution in [3.63, 3.8) is 0 Å². The van der Waals surface area contributed by atoms with E-state index in [1.807, 2.05) is 12.3 Å². The maximum Gasteiger partial charge on any atom is 0.220 e. The van der Waals surface area contributed by atoms with Crippen molar-refractivity contribution >= 4 is 23.0 Å². The van der Waals surface area contributed by atoms with E-state index in [9.17, 15) is 0 Å². The van der Waals surface area contributed by atoms with Crippen LogP contribution in [0.15, 0.2) is 48.0 Å². The molecule has 0 atom stereocenters. The van der Waals surface area contributed by atoms with E-state index in [0.717, 1.165) is 34.8 Å². The van der Waals surface area contributed by atoms with Crippen molar-refractivity contribution in [2.75, 3.05) is 23.7 Å². The van der Waals surface area contributed by atoms with E-state index < -0.39 is 0 Å². The van der Waals surface area contributed by atoms with Crippen LogP contribution in [-0.4, -0.2) is 23.1 Å². The Morgan fingerprint density at radius 2 is 1.92 bits per heavy atom. The molecule has 0 radical (unpaired) electrons. The van der Waals surface area contributed by atoms with Gasteiger partial charge in [-0.3, -0.25) is 0 Å². The van der Waals surface area contributed by atoms with E-state index >= 15 is 0 Å². The van der Waals surface area contributed by atoms with Crippen LogP contribution in [0.25, 0.3) is 21.7 Å². The van der Waals surface area contributed by atoms with Gasteiger partial charge in [0.05, 0.1) is 10.6 Å². The van der Waals surface area contributed by atoms with Crippen molar-refractivity contribution in [2.45, 2.75) is 19.3 Å². The number of nitrogens with zero attached hydrogens (tertiary/aromatic N) is 3. The molecule has 122 valence electrons. The lowest BCUT2D eigenvalue weighted by Gasteiger charge is -2.29. The normalized spacial score (nSPS) is 14.8. The molecule has 4 rings (SSSR count). The quantitative estimate of drug-likeness (QED) is 0.768. The van der Waals surface area contributed by atoms with Gasteiger partial charge in [0.15, 0.2) is 0 Å². The lowest BCUT2D eigenvalue weighted by molar-refractivity contribution is 0.578. The van der Waals surface area contributed by atoms with Crippen LogP contribution in [0.4, 0.5) is 11.6 Å². The fourth-order valence-electron chi connectivity index (χ4n) is 3.23. The average molecular weight is 336 g/mol. The first kappa shape index (κ1) is 15.1. The number of piperidine rings is 1. The van der Waals surface area contributed by atoms with Gasteiger partial charge in [-0.2, -0.15) is 0 Å². The highest BCUT2D eigenvalue weighted by atomic mass is 32.1. The van der Waals surface area contributed by atoms with Crippen molar-refractivity contribution in [1.82, 2.24) is 9.97 Å². The highest BCUT2D eigenvalue weighted by molar-refractivity contribution is 7.13. The summed E-state index contributed by atoms with van der Waals surface area (Å²) in [5.74, 6) is 0.314. The lowest BCUT2D eigenvalue weighted by atomic mass is 10.0. The van der Waals surface area contributed by atoms with Crippen LogP contribution in [0.3, 0.4) is 0 Å². The summed E-state index contributed by atoms with van der Waals surface area (Å²) in [7, 11) is 0. The van der Waals surface area contributed by atoms with Crippen molar-refractivity contribution in [3.8, 4) is 21.7 Å². The summed E-state index contributed by atoms with van der Waals surface area (Å²) in [6.45, 7) is 2.28. The number of hydrogen-bond donors (Lipinski definition) is 1. The molecule has 2 N–H and O–H groups in total. The smallest absolute Gasteiger partial charge is 0.220 e. The molecule has 0 spiro atoms. The zero-order chi connectivity index (χ0) is 16.4. The first-order chi connectivity index (χ1) is 11.8. The molecule has 2 aromatic heterocycles. The monoisotopic (exact) mass is 336 g/mol. The maximum absolute atomic E-state index is 5.83. The van der Waals surface area contributed by atoms with E-state index in [4.69, 9.17) is 5.73 Å². The van der Waals surface area contributed by atoms with Crippen LogP contribution >= 0.6 is 11.3 Å². The van der Waals surface area contributed by atoms with E-state index in [-0.39, 0.29) is 0 Å². The summed E-state index contributed by atoms with van der Waals surface area (Å²) in [6.07, 6.45) is 5.72. The minimum atomic E-state index is 0.314. The highest BCUT2D eigenvalue weighted by Gasteiger charge is 2.15. The number of nitrogens with two attached hydrogens (primary N) is 1. The van der Waals surface area contributed by atoms with Crippen LogP contribution in [0.5, 0.6) is 0 Å². The van der Waals surface area contributed by atoms with Crippen LogP contribution in [0.1, 0.15) is 19.3 Å². The molecule has 1 fully saturated rings. The molecule has 4 nitrogen and oxygen atoms in total. The molecule has 0 aliphatic carbocycles. The molecule has 3 aromatic rings. The van der Waals surface area contributed by atoms with Gasteiger partial charge in [-0.15, -0.1) is 11.3 Å². The fourth-order valence-corrected chi connectivity index (χ4v) is 3.96. The first-order valence-electron chi connectivity index (χ1n) is 8.33. The number of thiophene rings is 1. The SMILES string of the molecule is Nc1ncc(-c2cccc(N3CCCCC3)c2)c(-c2cccs2)n1. The summed E-state index contributed by atoms with van der Waals surface area (Å²) >= 11 is 1.67. The molecule has 1 aliphatic heterocycles. The lowest BCUT2D eigenvalue weighted by Crippen LogP contribution is -2.29. The Bertz CT molecular complexity index is 823. The number of benzene rings is 1. The minimum absolute atomic E-state index is 0.314. The second-order valence-electron chi connectivity index (χ2n) is 6.07. The summed E-state index contributed by atoms with van der Waals surface area (Å²) in [4.78, 5) is 12.3. The molecule has 1 aromatic carbocycles.